The molecular formula is C8H15NO4S. The lowest BCUT2D eigenvalue weighted by Crippen LogP contribution is -2.32. The monoisotopic (exact) mass is 221 g/mol. The molecule has 0 aromatic rings. The Balaban J connectivity index is 2.00. The van der Waals surface area contributed by atoms with Crippen molar-refractivity contribution in [2.24, 2.45) is 5.92 Å². The van der Waals surface area contributed by atoms with E-state index in [1.807, 2.05) is 0 Å². The van der Waals surface area contributed by atoms with Crippen LogP contribution in [0.1, 0.15) is 12.8 Å². The summed E-state index contributed by atoms with van der Waals surface area (Å²) in [5.41, 5.74) is 0. The summed E-state index contributed by atoms with van der Waals surface area (Å²) in [6, 6.07) is 0. The molecule has 1 saturated heterocycles. The van der Waals surface area contributed by atoms with Crippen LogP contribution in [0.4, 0.5) is 0 Å². The highest BCUT2D eigenvalue weighted by atomic mass is 32.2. The maximum absolute atomic E-state index is 11.7. The number of sulfonamides is 1. The Labute approximate surface area is 83.4 Å². The van der Waals surface area contributed by atoms with Crippen LogP contribution in [0.15, 0.2) is 0 Å². The lowest BCUT2D eigenvalue weighted by molar-refractivity contribution is 0.0572. The van der Waals surface area contributed by atoms with Crippen LogP contribution in [-0.4, -0.2) is 54.0 Å². The predicted molar refractivity (Wildman–Crippen MR) is 50.1 cm³/mol. The molecule has 1 aliphatic carbocycles. The van der Waals surface area contributed by atoms with Crippen LogP contribution in [0.2, 0.25) is 0 Å². The largest absolute Gasteiger partial charge is 0.389 e. The molecule has 0 radical (unpaired) electrons. The first-order valence-electron chi connectivity index (χ1n) is 4.83. The third-order valence-electron chi connectivity index (χ3n) is 2.76. The van der Waals surface area contributed by atoms with E-state index >= 15 is 0 Å². The summed E-state index contributed by atoms with van der Waals surface area (Å²) in [6.07, 6.45) is 0.115. The summed E-state index contributed by atoms with van der Waals surface area (Å²) in [6.45, 7) is 0.0758. The summed E-state index contributed by atoms with van der Waals surface area (Å²) >= 11 is 0. The van der Waals surface area contributed by atoms with E-state index < -0.39 is 22.2 Å². The first-order chi connectivity index (χ1) is 6.49. The van der Waals surface area contributed by atoms with E-state index in [1.165, 1.54) is 4.31 Å². The quantitative estimate of drug-likeness (QED) is 0.625. The van der Waals surface area contributed by atoms with Gasteiger partial charge in [-0.25, -0.2) is 8.42 Å². The Kier molecular flexibility index (Phi) is 2.55. The Morgan fingerprint density at radius 2 is 1.64 bits per heavy atom. The summed E-state index contributed by atoms with van der Waals surface area (Å²) in [7, 11) is -3.25. The molecule has 82 valence electrons. The molecule has 0 unspecified atom stereocenters. The summed E-state index contributed by atoms with van der Waals surface area (Å²) in [5, 5.41) is 18.5. The molecule has 0 amide bonds. The van der Waals surface area contributed by atoms with E-state index in [-0.39, 0.29) is 18.8 Å². The van der Waals surface area contributed by atoms with Crippen LogP contribution in [-0.2, 0) is 10.0 Å². The first kappa shape index (κ1) is 10.4. The average Bonchev–Trinajstić information content (AvgIpc) is 2.79. The van der Waals surface area contributed by atoms with Gasteiger partial charge < -0.3 is 10.2 Å². The van der Waals surface area contributed by atoms with Crippen molar-refractivity contribution in [3.8, 4) is 0 Å². The van der Waals surface area contributed by atoms with Gasteiger partial charge in [0.05, 0.1) is 18.0 Å². The molecule has 2 rings (SSSR count). The standard InChI is InChI=1S/C8H15NO4S/c10-7-3-9(4-8(7)11)14(12,13)5-6-1-2-6/h6-8,10-11H,1-5H2/t7-,8+. The topological polar surface area (TPSA) is 77.8 Å². The molecule has 2 aliphatic rings. The third kappa shape index (κ3) is 2.08. The normalized spacial score (nSPS) is 35.0. The molecule has 6 heteroatoms. The lowest BCUT2D eigenvalue weighted by atomic mass is 10.3. The lowest BCUT2D eigenvalue weighted by Gasteiger charge is -2.14. The van der Waals surface area contributed by atoms with E-state index in [0.717, 1.165) is 12.8 Å². The van der Waals surface area contributed by atoms with E-state index in [4.69, 9.17) is 0 Å². The summed E-state index contributed by atoms with van der Waals surface area (Å²) < 4.78 is 24.6. The molecule has 0 spiro atoms. The van der Waals surface area contributed by atoms with Crippen LogP contribution in [0.25, 0.3) is 0 Å². The number of aliphatic hydroxyl groups is 2. The molecule has 2 atom stereocenters. The molecule has 0 aromatic heterocycles. The minimum Gasteiger partial charge on any atom is -0.389 e. The minimum atomic E-state index is -3.25. The Bertz CT molecular complexity index is 301. The van der Waals surface area contributed by atoms with E-state index in [0.29, 0.717) is 5.92 Å². The smallest absolute Gasteiger partial charge is 0.214 e. The van der Waals surface area contributed by atoms with Crippen LogP contribution in [0.3, 0.4) is 0 Å². The second-order valence-electron chi connectivity index (χ2n) is 4.17. The SMILES string of the molecule is O=S(=O)(CC1CC1)N1C[C@@H](O)[C@@H](O)C1. The Morgan fingerprint density at radius 1 is 1.14 bits per heavy atom. The van der Waals surface area contributed by atoms with Crippen LogP contribution in [0.5, 0.6) is 0 Å². The predicted octanol–water partition coefficient (Wildman–Crippen LogP) is -1.24. The summed E-state index contributed by atoms with van der Waals surface area (Å²) in [5.74, 6) is 0.474. The van der Waals surface area contributed by atoms with Gasteiger partial charge in [0.2, 0.25) is 10.0 Å². The highest BCUT2D eigenvalue weighted by Crippen LogP contribution is 2.31. The van der Waals surface area contributed by atoms with Crippen molar-refractivity contribution in [3.05, 3.63) is 0 Å². The zero-order chi connectivity index (χ0) is 10.3. The fourth-order valence-electron chi connectivity index (χ4n) is 1.65. The molecule has 0 bridgehead atoms. The molecule has 1 saturated carbocycles. The Morgan fingerprint density at radius 3 is 2.07 bits per heavy atom. The van der Waals surface area contributed by atoms with Crippen LogP contribution < -0.4 is 0 Å². The van der Waals surface area contributed by atoms with Crippen molar-refractivity contribution in [3.63, 3.8) is 0 Å². The van der Waals surface area contributed by atoms with Gasteiger partial charge in [-0.15, -0.1) is 0 Å². The van der Waals surface area contributed by atoms with Gasteiger partial charge >= 0.3 is 0 Å². The van der Waals surface area contributed by atoms with Gasteiger partial charge in [-0.1, -0.05) is 0 Å². The van der Waals surface area contributed by atoms with Gasteiger partial charge in [-0.3, -0.25) is 0 Å². The van der Waals surface area contributed by atoms with Gasteiger partial charge in [0.25, 0.3) is 0 Å². The van der Waals surface area contributed by atoms with Gasteiger partial charge in [-0.2, -0.15) is 4.31 Å². The Hall–Kier alpha value is -0.170. The number of hydrogen-bond acceptors (Lipinski definition) is 4. The number of rotatable bonds is 3. The second kappa shape index (κ2) is 3.44. The van der Waals surface area contributed by atoms with Gasteiger partial charge in [0, 0.05) is 13.1 Å². The van der Waals surface area contributed by atoms with Crippen molar-refractivity contribution < 1.29 is 18.6 Å². The van der Waals surface area contributed by atoms with Crippen LogP contribution in [0, 0.1) is 5.92 Å². The van der Waals surface area contributed by atoms with E-state index in [9.17, 15) is 18.6 Å². The van der Waals surface area contributed by atoms with Gasteiger partial charge in [0.1, 0.15) is 0 Å². The maximum Gasteiger partial charge on any atom is 0.214 e. The average molecular weight is 221 g/mol. The van der Waals surface area contributed by atoms with Crippen molar-refractivity contribution >= 4 is 10.0 Å². The number of nitrogens with zero attached hydrogens (tertiary/aromatic N) is 1. The highest BCUT2D eigenvalue weighted by molar-refractivity contribution is 7.89. The van der Waals surface area contributed by atoms with Crippen molar-refractivity contribution in [2.75, 3.05) is 18.8 Å². The molecule has 1 aliphatic heterocycles. The molecule has 1 heterocycles. The molecule has 2 N–H and O–H groups in total. The second-order valence-corrected chi connectivity index (χ2v) is 6.19. The van der Waals surface area contributed by atoms with E-state index in [1.54, 1.807) is 0 Å². The number of hydrogen-bond donors (Lipinski definition) is 2. The molecule has 14 heavy (non-hydrogen) atoms. The first-order valence-corrected chi connectivity index (χ1v) is 6.44. The van der Waals surface area contributed by atoms with Crippen molar-refractivity contribution in [2.45, 2.75) is 25.0 Å². The third-order valence-corrected chi connectivity index (χ3v) is 4.74. The molecule has 5 nitrogen and oxygen atoms in total. The number of β-amino-alcohol motifs (C(OH)–C–C–N with tert-alkyl or cyclic N) is 2. The van der Waals surface area contributed by atoms with Gasteiger partial charge in [-0.05, 0) is 18.8 Å². The van der Waals surface area contributed by atoms with Crippen LogP contribution >= 0.6 is 0 Å². The van der Waals surface area contributed by atoms with E-state index in [2.05, 4.69) is 0 Å². The minimum absolute atomic E-state index is 0.0379. The highest BCUT2D eigenvalue weighted by Gasteiger charge is 2.39. The van der Waals surface area contributed by atoms with Crippen molar-refractivity contribution in [1.82, 2.24) is 4.31 Å². The maximum atomic E-state index is 11.7. The fourth-order valence-corrected chi connectivity index (χ4v) is 3.55. The molecule has 2 fully saturated rings. The number of aliphatic hydroxyl groups excluding tert-OH is 2. The van der Waals surface area contributed by atoms with Crippen molar-refractivity contribution in [1.29, 1.82) is 0 Å². The zero-order valence-electron chi connectivity index (χ0n) is 7.83. The zero-order valence-corrected chi connectivity index (χ0v) is 8.65. The fraction of sp³-hybridized carbons (Fsp3) is 1.00. The molecule has 0 aromatic carbocycles. The van der Waals surface area contributed by atoms with Gasteiger partial charge in [0.15, 0.2) is 0 Å². The summed E-state index contributed by atoms with van der Waals surface area (Å²) in [4.78, 5) is 0. The molecular weight excluding hydrogens is 206 g/mol.